The Kier molecular flexibility index (Phi) is 4.29. The molecular weight excluding hydrogens is 260 g/mol. The first-order chi connectivity index (χ1) is 10.2. The Morgan fingerprint density at radius 1 is 1.24 bits per heavy atom. The van der Waals surface area contributed by atoms with Crippen LogP contribution in [0.3, 0.4) is 0 Å². The lowest BCUT2D eigenvalue weighted by atomic mass is 9.90. The van der Waals surface area contributed by atoms with Crippen molar-refractivity contribution in [2.45, 2.75) is 70.6 Å². The van der Waals surface area contributed by atoms with Gasteiger partial charge in [-0.25, -0.2) is 0 Å². The van der Waals surface area contributed by atoms with Crippen LogP contribution in [0.2, 0.25) is 0 Å². The fourth-order valence-electron chi connectivity index (χ4n) is 3.33. The number of carbonyl (C=O) groups is 1. The molecule has 114 valence electrons. The highest BCUT2D eigenvalue weighted by molar-refractivity contribution is 5.85. The summed E-state index contributed by atoms with van der Waals surface area (Å²) in [7, 11) is 0. The van der Waals surface area contributed by atoms with Crippen LogP contribution >= 0.6 is 0 Å². The highest BCUT2D eigenvalue weighted by atomic mass is 16.2. The fraction of sp³-hybridized carbons (Fsp3) is 0.611. The van der Waals surface area contributed by atoms with E-state index in [4.69, 9.17) is 0 Å². The summed E-state index contributed by atoms with van der Waals surface area (Å²) in [6.45, 7) is 4.28. The summed E-state index contributed by atoms with van der Waals surface area (Å²) in [6.07, 6.45) is 6.87. The van der Waals surface area contributed by atoms with Gasteiger partial charge in [0.25, 0.3) is 0 Å². The molecule has 1 aliphatic carbocycles. The van der Waals surface area contributed by atoms with E-state index in [2.05, 4.69) is 48.3 Å². The van der Waals surface area contributed by atoms with Crippen LogP contribution in [-0.4, -0.2) is 22.9 Å². The normalized spacial score (nSPS) is 26.2. The third-order valence-corrected chi connectivity index (χ3v) is 4.90. The average Bonchev–Trinajstić information content (AvgIpc) is 2.74. The van der Waals surface area contributed by atoms with E-state index in [0.29, 0.717) is 11.9 Å². The van der Waals surface area contributed by atoms with Crippen LogP contribution in [0.15, 0.2) is 24.3 Å². The van der Waals surface area contributed by atoms with Crippen LogP contribution in [-0.2, 0) is 4.79 Å². The lowest BCUT2D eigenvalue weighted by molar-refractivity contribution is -0.134. The highest BCUT2D eigenvalue weighted by Gasteiger charge is 2.44. The minimum Gasteiger partial charge on any atom is -0.319 e. The number of aryl methyl sites for hydroxylation is 1. The van der Waals surface area contributed by atoms with Gasteiger partial charge in [-0.3, -0.25) is 10.1 Å². The zero-order chi connectivity index (χ0) is 14.8. The molecule has 21 heavy (non-hydrogen) atoms. The molecule has 2 atom stereocenters. The Hall–Kier alpha value is -1.35. The first-order valence-electron chi connectivity index (χ1n) is 8.35. The Morgan fingerprint density at radius 3 is 2.52 bits per heavy atom. The van der Waals surface area contributed by atoms with Crippen molar-refractivity contribution in [3.8, 4) is 0 Å². The van der Waals surface area contributed by atoms with Crippen LogP contribution < -0.4 is 5.32 Å². The molecule has 3 heteroatoms. The molecule has 0 bridgehead atoms. The van der Waals surface area contributed by atoms with E-state index in [-0.39, 0.29) is 12.2 Å². The molecule has 2 unspecified atom stereocenters. The van der Waals surface area contributed by atoms with E-state index in [1.165, 1.54) is 17.5 Å². The van der Waals surface area contributed by atoms with Gasteiger partial charge in [0.15, 0.2) is 0 Å². The molecule has 0 spiro atoms. The lowest BCUT2D eigenvalue weighted by Gasteiger charge is -2.38. The van der Waals surface area contributed by atoms with Crippen LogP contribution in [0.25, 0.3) is 0 Å². The van der Waals surface area contributed by atoms with E-state index in [1.54, 1.807) is 0 Å². The second-order valence-corrected chi connectivity index (χ2v) is 6.50. The highest BCUT2D eigenvalue weighted by Crippen LogP contribution is 2.36. The zero-order valence-corrected chi connectivity index (χ0v) is 13.1. The van der Waals surface area contributed by atoms with Crippen LogP contribution in [0.5, 0.6) is 0 Å². The second-order valence-electron chi connectivity index (χ2n) is 6.50. The van der Waals surface area contributed by atoms with Gasteiger partial charge in [-0.15, -0.1) is 0 Å². The molecule has 1 aromatic carbocycles. The summed E-state index contributed by atoms with van der Waals surface area (Å²) in [5.41, 5.74) is 2.49. The summed E-state index contributed by atoms with van der Waals surface area (Å²) in [5, 5.41) is 3.59. The van der Waals surface area contributed by atoms with Gasteiger partial charge in [0.2, 0.25) is 5.91 Å². The predicted molar refractivity (Wildman–Crippen MR) is 84.9 cm³/mol. The first kappa shape index (κ1) is 14.6. The van der Waals surface area contributed by atoms with Gasteiger partial charge in [-0.2, -0.15) is 0 Å². The SMILES string of the molecule is CCCCC1NC(c2ccc(C)cc2)N(C2CCC2)C1=O. The van der Waals surface area contributed by atoms with Gasteiger partial charge in [-0.1, -0.05) is 49.6 Å². The van der Waals surface area contributed by atoms with E-state index < -0.39 is 0 Å². The van der Waals surface area contributed by atoms with Crippen LogP contribution in [0.1, 0.15) is 62.7 Å². The van der Waals surface area contributed by atoms with Crippen molar-refractivity contribution in [1.82, 2.24) is 10.2 Å². The third kappa shape index (κ3) is 2.84. The lowest BCUT2D eigenvalue weighted by Crippen LogP contribution is -2.44. The number of hydrogen-bond donors (Lipinski definition) is 1. The van der Waals surface area contributed by atoms with Crippen LogP contribution in [0.4, 0.5) is 0 Å². The van der Waals surface area contributed by atoms with Gasteiger partial charge in [0.1, 0.15) is 6.17 Å². The predicted octanol–water partition coefficient (Wildman–Crippen LogP) is 3.54. The maximum Gasteiger partial charge on any atom is 0.241 e. The topological polar surface area (TPSA) is 32.3 Å². The minimum atomic E-state index is 0.0110. The molecule has 3 rings (SSSR count). The molecule has 1 aromatic rings. The monoisotopic (exact) mass is 286 g/mol. The van der Waals surface area contributed by atoms with Crippen molar-refractivity contribution in [2.24, 2.45) is 0 Å². The molecule has 1 saturated heterocycles. The molecule has 1 heterocycles. The van der Waals surface area contributed by atoms with Crippen molar-refractivity contribution in [3.05, 3.63) is 35.4 Å². The molecular formula is C18H26N2O. The fourth-order valence-corrected chi connectivity index (χ4v) is 3.33. The summed E-state index contributed by atoms with van der Waals surface area (Å²) < 4.78 is 0. The summed E-state index contributed by atoms with van der Waals surface area (Å²) in [5.74, 6) is 0.318. The summed E-state index contributed by atoms with van der Waals surface area (Å²) in [4.78, 5) is 14.9. The zero-order valence-electron chi connectivity index (χ0n) is 13.1. The minimum absolute atomic E-state index is 0.0110. The number of amides is 1. The molecule has 1 aliphatic heterocycles. The Balaban J connectivity index is 1.82. The van der Waals surface area contributed by atoms with Gasteiger partial charge in [0.05, 0.1) is 6.04 Å². The Morgan fingerprint density at radius 2 is 1.95 bits per heavy atom. The van der Waals surface area contributed by atoms with Gasteiger partial charge < -0.3 is 4.90 Å². The molecule has 1 amide bonds. The van der Waals surface area contributed by atoms with Crippen molar-refractivity contribution < 1.29 is 4.79 Å². The van der Waals surface area contributed by atoms with Crippen molar-refractivity contribution in [3.63, 3.8) is 0 Å². The standard InChI is InChI=1S/C18H26N2O/c1-3-4-8-16-18(21)20(15-6-5-7-15)17(19-16)14-11-9-13(2)10-12-14/h9-12,15-17,19H,3-8H2,1-2H3. The average molecular weight is 286 g/mol. The number of nitrogens with zero attached hydrogens (tertiary/aromatic N) is 1. The number of carbonyl (C=O) groups excluding carboxylic acids is 1. The molecule has 0 radical (unpaired) electrons. The number of hydrogen-bond acceptors (Lipinski definition) is 2. The van der Waals surface area contributed by atoms with Gasteiger partial charge in [-0.05, 0) is 38.2 Å². The van der Waals surface area contributed by atoms with E-state index in [0.717, 1.165) is 32.1 Å². The summed E-state index contributed by atoms with van der Waals surface area (Å²) >= 11 is 0. The van der Waals surface area contributed by atoms with Crippen molar-refractivity contribution >= 4 is 5.91 Å². The Labute approximate surface area is 127 Å². The van der Waals surface area contributed by atoms with Crippen molar-refractivity contribution in [2.75, 3.05) is 0 Å². The maximum atomic E-state index is 12.8. The Bertz CT molecular complexity index is 492. The smallest absolute Gasteiger partial charge is 0.241 e. The van der Waals surface area contributed by atoms with E-state index >= 15 is 0 Å². The molecule has 0 aromatic heterocycles. The molecule has 2 aliphatic rings. The third-order valence-electron chi connectivity index (χ3n) is 4.90. The second kappa shape index (κ2) is 6.18. The van der Waals surface area contributed by atoms with Crippen molar-refractivity contribution in [1.29, 1.82) is 0 Å². The quantitative estimate of drug-likeness (QED) is 0.898. The van der Waals surface area contributed by atoms with Gasteiger partial charge >= 0.3 is 0 Å². The van der Waals surface area contributed by atoms with Crippen LogP contribution in [0, 0.1) is 6.92 Å². The van der Waals surface area contributed by atoms with E-state index in [1.807, 2.05) is 0 Å². The number of rotatable bonds is 5. The molecule has 2 fully saturated rings. The maximum absolute atomic E-state index is 12.8. The van der Waals surface area contributed by atoms with Gasteiger partial charge in [0, 0.05) is 6.04 Å². The number of nitrogens with one attached hydrogen (secondary N) is 1. The molecule has 1 N–H and O–H groups in total. The summed E-state index contributed by atoms with van der Waals surface area (Å²) in [6, 6.07) is 9.06. The largest absolute Gasteiger partial charge is 0.319 e. The van der Waals surface area contributed by atoms with E-state index in [9.17, 15) is 4.79 Å². The number of unbranched alkanes of at least 4 members (excludes halogenated alkanes) is 1. The first-order valence-corrected chi connectivity index (χ1v) is 8.35. The molecule has 3 nitrogen and oxygen atoms in total. The number of benzene rings is 1. The molecule has 1 saturated carbocycles.